The van der Waals surface area contributed by atoms with Crippen molar-refractivity contribution in [2.24, 2.45) is 29.6 Å². The van der Waals surface area contributed by atoms with E-state index in [0.29, 0.717) is 30.6 Å². The zero-order chi connectivity index (χ0) is 53.1. The van der Waals surface area contributed by atoms with Gasteiger partial charge in [0.15, 0.2) is 23.3 Å². The average Bonchev–Trinajstić information content (AvgIpc) is 4.16. The summed E-state index contributed by atoms with van der Waals surface area (Å²) in [6.07, 6.45) is 8.27. The minimum Gasteiger partial charge on any atom is -0.462 e. The molecule has 0 radical (unpaired) electrons. The molecular formula is C51H72N4O17. The summed E-state index contributed by atoms with van der Waals surface area (Å²) in [6, 6.07) is 0. The second kappa shape index (κ2) is 29.0. The van der Waals surface area contributed by atoms with E-state index in [9.17, 15) is 34.2 Å². The van der Waals surface area contributed by atoms with Crippen LogP contribution in [0.25, 0.3) is 29.2 Å². The van der Waals surface area contributed by atoms with E-state index in [0.717, 1.165) is 0 Å². The van der Waals surface area contributed by atoms with Gasteiger partial charge < -0.3 is 61.5 Å². The summed E-state index contributed by atoms with van der Waals surface area (Å²) in [6.45, 7) is 9.74. The second-order valence-corrected chi connectivity index (χ2v) is 18.2. The molecule has 2 N–H and O–H groups in total. The summed E-state index contributed by atoms with van der Waals surface area (Å²) in [5, 5.41) is 20.9. The van der Waals surface area contributed by atoms with E-state index in [-0.39, 0.29) is 60.8 Å². The third-order valence-electron chi connectivity index (χ3n) is 12.9. The van der Waals surface area contributed by atoms with Gasteiger partial charge in [0.25, 0.3) is 0 Å². The van der Waals surface area contributed by atoms with Crippen LogP contribution in [0.1, 0.15) is 97.8 Å². The number of methoxy groups -OCH3 is 4. The monoisotopic (exact) mass is 1010 g/mol. The molecule has 72 heavy (non-hydrogen) atoms. The molecule has 3 aromatic heterocycles. The molecule has 0 saturated carbocycles. The van der Waals surface area contributed by atoms with Gasteiger partial charge in [0, 0.05) is 72.8 Å². The maximum atomic E-state index is 13.7. The van der Waals surface area contributed by atoms with Crippen LogP contribution in [-0.4, -0.2) is 145 Å². The number of carbonyl (C=O) groups excluding carboxylic acids is 5. The lowest BCUT2D eigenvalue weighted by Gasteiger charge is -2.35. The van der Waals surface area contributed by atoms with Crippen molar-refractivity contribution in [1.29, 1.82) is 0 Å². The molecule has 4 heterocycles. The number of fused-ring (bicyclic) bond motifs is 8. The second-order valence-electron chi connectivity index (χ2n) is 18.2. The van der Waals surface area contributed by atoms with E-state index in [1.54, 1.807) is 46.4 Å². The molecule has 0 saturated heterocycles. The number of hydrogen-bond donors (Lipinski definition) is 2. The first kappa shape index (κ1) is 58.7. The van der Waals surface area contributed by atoms with E-state index in [1.165, 1.54) is 64.1 Å². The van der Waals surface area contributed by atoms with Crippen LogP contribution in [-0.2, 0) is 57.1 Å². The van der Waals surface area contributed by atoms with E-state index in [1.807, 2.05) is 26.8 Å². The highest BCUT2D eigenvalue weighted by molar-refractivity contribution is 5.92. The molecule has 0 fully saturated rings. The molecule has 1 aliphatic rings. The predicted molar refractivity (Wildman–Crippen MR) is 258 cm³/mol. The zero-order valence-electron chi connectivity index (χ0n) is 43.0. The van der Waals surface area contributed by atoms with Crippen LogP contribution in [0, 0.1) is 29.6 Å². The summed E-state index contributed by atoms with van der Waals surface area (Å²) in [5.74, 6) is -4.29. The molecule has 13 atom stereocenters. The van der Waals surface area contributed by atoms with Gasteiger partial charge in [-0.2, -0.15) is 0 Å². The van der Waals surface area contributed by atoms with Gasteiger partial charge in [0.05, 0.1) is 37.3 Å². The fraction of sp³-hybridized carbons (Fsp3) is 0.608. The topological polar surface area (TPSA) is 272 Å². The fourth-order valence-corrected chi connectivity index (χ4v) is 8.46. The summed E-state index contributed by atoms with van der Waals surface area (Å²) < 4.78 is 57.9. The maximum absolute atomic E-state index is 13.7. The van der Waals surface area contributed by atoms with Crippen LogP contribution >= 0.6 is 0 Å². The van der Waals surface area contributed by atoms with E-state index in [2.05, 4.69) is 15.0 Å². The Morgan fingerprint density at radius 3 is 2.21 bits per heavy atom. The number of ketones is 1. The zero-order valence-corrected chi connectivity index (χ0v) is 43.0. The number of esters is 3. The van der Waals surface area contributed by atoms with Crippen LogP contribution in [0.5, 0.6) is 0 Å². The Morgan fingerprint density at radius 2 is 1.56 bits per heavy atom. The molecule has 0 spiro atoms. The van der Waals surface area contributed by atoms with Crippen molar-refractivity contribution >= 4 is 36.2 Å². The summed E-state index contributed by atoms with van der Waals surface area (Å²) in [5.41, 5.74) is 0.936. The lowest BCUT2D eigenvalue weighted by molar-refractivity contribution is -0.172. The number of carbonyl (C=O) groups is 5. The van der Waals surface area contributed by atoms with Gasteiger partial charge in [-0.3, -0.25) is 19.2 Å². The minimum absolute atomic E-state index is 0.0313. The van der Waals surface area contributed by atoms with Crippen molar-refractivity contribution in [2.75, 3.05) is 42.1 Å². The number of hydrogen-bond acceptors (Lipinski definition) is 20. The van der Waals surface area contributed by atoms with Crippen LogP contribution in [0.15, 0.2) is 62.5 Å². The van der Waals surface area contributed by atoms with Crippen molar-refractivity contribution in [3.63, 3.8) is 0 Å². The van der Waals surface area contributed by atoms with Gasteiger partial charge in [-0.15, -0.1) is 0 Å². The maximum Gasteiger partial charge on any atom is 0.337 e. The molecule has 398 valence electrons. The quantitative estimate of drug-likeness (QED) is 0.0735. The number of rotatable bonds is 20. The largest absolute Gasteiger partial charge is 0.462 e. The number of oxazole rings is 3. The van der Waals surface area contributed by atoms with E-state index in [4.69, 9.17) is 46.4 Å². The van der Waals surface area contributed by atoms with Crippen molar-refractivity contribution in [3.8, 4) is 23.2 Å². The average molecular weight is 1010 g/mol. The summed E-state index contributed by atoms with van der Waals surface area (Å²) in [7, 11) is 7.36. The van der Waals surface area contributed by atoms with Crippen molar-refractivity contribution < 1.29 is 80.6 Å². The third kappa shape index (κ3) is 16.9. The minimum atomic E-state index is -1.26. The number of ether oxygens (including phenoxy) is 7. The lowest BCUT2D eigenvalue weighted by Crippen LogP contribution is -2.42. The molecule has 21 nitrogen and oxygen atoms in total. The van der Waals surface area contributed by atoms with Crippen molar-refractivity contribution in [1.82, 2.24) is 19.9 Å². The van der Waals surface area contributed by atoms with Crippen molar-refractivity contribution in [3.05, 3.63) is 60.9 Å². The van der Waals surface area contributed by atoms with E-state index >= 15 is 0 Å². The number of aliphatic hydroxyl groups is 2. The molecule has 6 bridgehead atoms. The highest BCUT2D eigenvalue weighted by atomic mass is 16.6. The standard InChI is InChI=1S/C51H72N4O17/c1-29(18-19-41(72-51(62)44(24-56)65-10)33(5)47(70-34(6)58)30(2)20-21-55(7)28-57)42(64-9)23-43-32(4)40(63-8)16-13-17-45-52-37(26-67-45)49-54-38(27-69-49)50-53-36(25-68-50)48(66-11)31(3)39(60)15-12-14-35(59)22-46(61)71-43/h12-13,15,17,20-21,25-33,35,40-44,47-48,56,59H,14,16,18-19,22-24H2,1-11H3/b15-12+,17-13+,21-20+/t29-,30+,31-,32+,33-,35-,40-,41+,42-,43-,44+,47+,48-/m0/s1. The first-order chi connectivity index (χ1) is 34.4. The highest BCUT2D eigenvalue weighted by Gasteiger charge is 2.38. The Labute approximate surface area is 420 Å². The van der Waals surface area contributed by atoms with Gasteiger partial charge in [0.2, 0.25) is 24.1 Å². The Morgan fingerprint density at radius 1 is 0.875 bits per heavy atom. The first-order valence-corrected chi connectivity index (χ1v) is 23.9. The lowest BCUT2D eigenvalue weighted by atomic mass is 9.83. The number of amides is 1. The third-order valence-corrected chi connectivity index (χ3v) is 12.9. The Bertz CT molecular complexity index is 2260. The van der Waals surface area contributed by atoms with Gasteiger partial charge >= 0.3 is 17.9 Å². The summed E-state index contributed by atoms with van der Waals surface area (Å²) in [4.78, 5) is 78.8. The Hall–Kier alpha value is -5.84. The number of nitrogens with zero attached hydrogens (tertiary/aromatic N) is 4. The Kier molecular flexibility index (Phi) is 23.7. The smallest absolute Gasteiger partial charge is 0.337 e. The molecular weight excluding hydrogens is 941 g/mol. The molecule has 4 rings (SSSR count). The van der Waals surface area contributed by atoms with Gasteiger partial charge in [0.1, 0.15) is 48.9 Å². The SMILES string of the molecule is CO[C@H]1C/C=C/c2nc(co2)-c2nc(co2)-c2nc(co2)[C@@H](OC)[C@@H](C)C(=O)/C=C/C[C@H](O)CC(=O)O[C@@H](C[C@H](OC)[C@@H](C)CC[C@@H](OC(=O)[C@@H](CO)OC)[C@H](C)[C@H](OC(C)=O)[C@H](C)/C=C/N(C)C=O)[C@@H]1C. The van der Waals surface area contributed by atoms with Crippen LogP contribution in [0.3, 0.4) is 0 Å². The molecule has 21 heteroatoms. The normalized spacial score (nSPS) is 24.3. The fourth-order valence-electron chi connectivity index (χ4n) is 8.46. The number of aliphatic hydroxyl groups excluding tert-OH is 2. The first-order valence-electron chi connectivity index (χ1n) is 23.9. The highest BCUT2D eigenvalue weighted by Crippen LogP contribution is 2.33. The Balaban J connectivity index is 1.62. The number of cyclic esters (lactones) is 1. The molecule has 3 aromatic rings. The molecule has 1 amide bonds. The molecule has 0 unspecified atom stereocenters. The van der Waals surface area contributed by atoms with Crippen LogP contribution < -0.4 is 0 Å². The number of aromatic nitrogens is 3. The van der Waals surface area contributed by atoms with Gasteiger partial charge in [-0.25, -0.2) is 19.7 Å². The van der Waals surface area contributed by atoms with Gasteiger partial charge in [-0.1, -0.05) is 52.8 Å². The van der Waals surface area contributed by atoms with E-state index < -0.39 is 97.0 Å². The molecule has 0 aliphatic carbocycles. The molecule has 0 aromatic carbocycles. The predicted octanol–water partition coefficient (Wildman–Crippen LogP) is 6.10. The van der Waals surface area contributed by atoms with Crippen LogP contribution in [0.4, 0.5) is 0 Å². The van der Waals surface area contributed by atoms with Crippen molar-refractivity contribution in [2.45, 2.75) is 129 Å². The molecule has 1 aliphatic heterocycles. The number of allylic oxidation sites excluding steroid dienone is 1. The summed E-state index contributed by atoms with van der Waals surface area (Å²) >= 11 is 0. The van der Waals surface area contributed by atoms with Gasteiger partial charge in [-0.05, 0) is 43.8 Å². The van der Waals surface area contributed by atoms with Crippen LogP contribution in [0.2, 0.25) is 0 Å².